The van der Waals surface area contributed by atoms with Crippen molar-refractivity contribution >= 4 is 11.6 Å². The van der Waals surface area contributed by atoms with Crippen molar-refractivity contribution in [1.29, 1.82) is 0 Å². The summed E-state index contributed by atoms with van der Waals surface area (Å²) < 4.78 is 0. The Hall–Kier alpha value is -1.55. The van der Waals surface area contributed by atoms with Crippen LogP contribution in [0.15, 0.2) is 18.2 Å². The van der Waals surface area contributed by atoms with Crippen LogP contribution in [0.1, 0.15) is 31.9 Å². The molecule has 1 aromatic rings. The van der Waals surface area contributed by atoms with Crippen molar-refractivity contribution in [2.24, 2.45) is 0 Å². The van der Waals surface area contributed by atoms with Crippen LogP contribution in [0.4, 0.5) is 5.69 Å². The first-order valence-corrected chi connectivity index (χ1v) is 7.21. The molecule has 0 aliphatic carbocycles. The second-order valence-electron chi connectivity index (χ2n) is 6.51. The molecule has 1 aromatic carbocycles. The average Bonchev–Trinajstić information content (AvgIpc) is 2.35. The van der Waals surface area contributed by atoms with Crippen molar-refractivity contribution in [3.8, 4) is 0 Å². The third-order valence-corrected chi connectivity index (χ3v) is 3.42. The Balaban J connectivity index is 2.21. The van der Waals surface area contributed by atoms with Gasteiger partial charge >= 0.3 is 0 Å². The van der Waals surface area contributed by atoms with Gasteiger partial charge in [-0.1, -0.05) is 17.7 Å². The second-order valence-corrected chi connectivity index (χ2v) is 6.51. The summed E-state index contributed by atoms with van der Waals surface area (Å²) in [5.74, 6) is 0.103. The standard InChI is InChI=1S/C16H25N3O/c1-12-5-6-14(19-8-7-17-15(20)11-19)13(9-12)10-18-16(2,3)4/h5-6,9,18H,7-8,10-11H2,1-4H3,(H,17,20). The summed E-state index contributed by atoms with van der Waals surface area (Å²) in [5, 5.41) is 6.40. The molecule has 4 nitrogen and oxygen atoms in total. The minimum atomic E-state index is 0.0836. The second kappa shape index (κ2) is 5.83. The number of anilines is 1. The highest BCUT2D eigenvalue weighted by Gasteiger charge is 2.19. The van der Waals surface area contributed by atoms with Crippen LogP contribution < -0.4 is 15.5 Å². The van der Waals surface area contributed by atoms with Gasteiger partial charge in [-0.15, -0.1) is 0 Å². The lowest BCUT2D eigenvalue weighted by Crippen LogP contribution is -2.48. The fraction of sp³-hybridized carbons (Fsp3) is 0.562. The molecule has 4 heteroatoms. The van der Waals surface area contributed by atoms with E-state index >= 15 is 0 Å². The molecular formula is C16H25N3O. The molecule has 1 aliphatic heterocycles. The molecule has 0 spiro atoms. The van der Waals surface area contributed by atoms with Crippen LogP contribution in [0.2, 0.25) is 0 Å². The van der Waals surface area contributed by atoms with E-state index in [9.17, 15) is 4.79 Å². The number of nitrogens with zero attached hydrogens (tertiary/aromatic N) is 1. The Morgan fingerprint density at radius 2 is 2.10 bits per heavy atom. The van der Waals surface area contributed by atoms with Gasteiger partial charge in [0, 0.05) is 30.9 Å². The highest BCUT2D eigenvalue weighted by molar-refractivity contribution is 5.83. The van der Waals surface area contributed by atoms with Crippen LogP contribution in [0.5, 0.6) is 0 Å². The number of aryl methyl sites for hydroxylation is 1. The fourth-order valence-corrected chi connectivity index (χ4v) is 2.37. The number of carbonyl (C=O) groups is 1. The van der Waals surface area contributed by atoms with Crippen molar-refractivity contribution in [3.05, 3.63) is 29.3 Å². The van der Waals surface area contributed by atoms with E-state index in [-0.39, 0.29) is 11.4 Å². The topological polar surface area (TPSA) is 44.4 Å². The first-order valence-electron chi connectivity index (χ1n) is 7.21. The van der Waals surface area contributed by atoms with Gasteiger partial charge in [0.15, 0.2) is 0 Å². The summed E-state index contributed by atoms with van der Waals surface area (Å²) in [5.41, 5.74) is 3.76. The number of hydrogen-bond donors (Lipinski definition) is 2. The highest BCUT2D eigenvalue weighted by atomic mass is 16.2. The Morgan fingerprint density at radius 1 is 1.35 bits per heavy atom. The minimum absolute atomic E-state index is 0.0836. The summed E-state index contributed by atoms with van der Waals surface area (Å²) in [6.45, 7) is 11.5. The molecule has 20 heavy (non-hydrogen) atoms. The number of piperazine rings is 1. The van der Waals surface area contributed by atoms with E-state index in [0.717, 1.165) is 19.6 Å². The smallest absolute Gasteiger partial charge is 0.239 e. The number of carbonyl (C=O) groups excluding carboxylic acids is 1. The van der Waals surface area contributed by atoms with Gasteiger partial charge in [0.2, 0.25) is 5.91 Å². The SMILES string of the molecule is Cc1ccc(N2CCNC(=O)C2)c(CNC(C)(C)C)c1. The van der Waals surface area contributed by atoms with E-state index < -0.39 is 0 Å². The zero-order valence-electron chi connectivity index (χ0n) is 12.9. The normalized spacial score (nSPS) is 16.2. The molecule has 1 saturated heterocycles. The summed E-state index contributed by atoms with van der Waals surface area (Å²) in [6.07, 6.45) is 0. The molecule has 1 heterocycles. The van der Waals surface area contributed by atoms with E-state index in [2.05, 4.69) is 61.4 Å². The highest BCUT2D eigenvalue weighted by Crippen LogP contribution is 2.23. The van der Waals surface area contributed by atoms with Gasteiger partial charge in [-0.05, 0) is 39.3 Å². The molecule has 0 radical (unpaired) electrons. The molecule has 2 rings (SSSR count). The van der Waals surface area contributed by atoms with E-state index in [0.29, 0.717) is 6.54 Å². The lowest BCUT2D eigenvalue weighted by molar-refractivity contribution is -0.120. The summed E-state index contributed by atoms with van der Waals surface area (Å²) >= 11 is 0. The van der Waals surface area contributed by atoms with Crippen LogP contribution in [0.3, 0.4) is 0 Å². The van der Waals surface area contributed by atoms with Gasteiger partial charge in [0.25, 0.3) is 0 Å². The van der Waals surface area contributed by atoms with Crippen molar-refractivity contribution in [2.75, 3.05) is 24.5 Å². The van der Waals surface area contributed by atoms with Gasteiger partial charge in [0.05, 0.1) is 6.54 Å². The number of amides is 1. The largest absolute Gasteiger partial charge is 0.360 e. The third kappa shape index (κ3) is 3.97. The molecule has 0 bridgehead atoms. The van der Waals surface area contributed by atoms with Crippen molar-refractivity contribution in [2.45, 2.75) is 39.8 Å². The summed E-state index contributed by atoms with van der Waals surface area (Å²) in [4.78, 5) is 13.7. The van der Waals surface area contributed by atoms with Gasteiger partial charge in [-0.25, -0.2) is 0 Å². The lowest BCUT2D eigenvalue weighted by Gasteiger charge is -2.31. The van der Waals surface area contributed by atoms with Crippen molar-refractivity contribution < 1.29 is 4.79 Å². The van der Waals surface area contributed by atoms with Gasteiger partial charge in [0.1, 0.15) is 0 Å². The fourth-order valence-electron chi connectivity index (χ4n) is 2.37. The Morgan fingerprint density at radius 3 is 2.75 bits per heavy atom. The van der Waals surface area contributed by atoms with Gasteiger partial charge in [-0.2, -0.15) is 0 Å². The van der Waals surface area contributed by atoms with E-state index in [1.54, 1.807) is 0 Å². The van der Waals surface area contributed by atoms with Crippen LogP contribution in [0, 0.1) is 6.92 Å². The third-order valence-electron chi connectivity index (χ3n) is 3.42. The maximum atomic E-state index is 11.6. The number of rotatable bonds is 3. The van der Waals surface area contributed by atoms with E-state index in [1.165, 1.54) is 16.8 Å². The average molecular weight is 275 g/mol. The van der Waals surface area contributed by atoms with Crippen molar-refractivity contribution in [1.82, 2.24) is 10.6 Å². The Bertz CT molecular complexity index is 491. The van der Waals surface area contributed by atoms with E-state index in [1.807, 2.05) is 0 Å². The first-order chi connectivity index (χ1) is 9.35. The van der Waals surface area contributed by atoms with Gasteiger partial charge in [-0.3, -0.25) is 4.79 Å². The maximum absolute atomic E-state index is 11.6. The van der Waals surface area contributed by atoms with Crippen LogP contribution in [-0.2, 0) is 11.3 Å². The van der Waals surface area contributed by atoms with E-state index in [4.69, 9.17) is 0 Å². The summed E-state index contributed by atoms with van der Waals surface area (Å²) in [7, 11) is 0. The zero-order chi connectivity index (χ0) is 14.8. The van der Waals surface area contributed by atoms with Crippen LogP contribution in [0.25, 0.3) is 0 Å². The van der Waals surface area contributed by atoms with Crippen molar-refractivity contribution in [3.63, 3.8) is 0 Å². The predicted octanol–water partition coefficient (Wildman–Crippen LogP) is 1.82. The molecule has 2 N–H and O–H groups in total. The molecule has 0 aromatic heterocycles. The molecule has 0 unspecified atom stereocenters. The number of nitrogens with one attached hydrogen (secondary N) is 2. The Labute approximate surface area is 121 Å². The predicted molar refractivity (Wildman–Crippen MR) is 83.0 cm³/mol. The Kier molecular flexibility index (Phi) is 4.33. The molecular weight excluding hydrogens is 250 g/mol. The lowest BCUT2D eigenvalue weighted by atomic mass is 10.0. The summed E-state index contributed by atoms with van der Waals surface area (Å²) in [6, 6.07) is 6.45. The quantitative estimate of drug-likeness (QED) is 0.884. The molecule has 1 amide bonds. The molecule has 110 valence electrons. The van der Waals surface area contributed by atoms with Crippen LogP contribution in [-0.4, -0.2) is 31.1 Å². The maximum Gasteiger partial charge on any atom is 0.239 e. The first kappa shape index (κ1) is 14.9. The zero-order valence-corrected chi connectivity index (χ0v) is 12.9. The number of benzene rings is 1. The van der Waals surface area contributed by atoms with Gasteiger partial charge < -0.3 is 15.5 Å². The van der Waals surface area contributed by atoms with Crippen LogP contribution >= 0.6 is 0 Å². The molecule has 1 fully saturated rings. The molecule has 0 atom stereocenters. The molecule has 0 saturated carbocycles. The molecule has 1 aliphatic rings. The monoisotopic (exact) mass is 275 g/mol. The number of hydrogen-bond acceptors (Lipinski definition) is 3. The minimum Gasteiger partial charge on any atom is -0.360 e.